The Morgan fingerprint density at radius 1 is 1.03 bits per heavy atom. The number of likely N-dealkylation sites (tertiary alicyclic amines) is 1. The molecule has 3 N–H and O–H groups in total. The number of aromatic hydroxyl groups is 1. The van der Waals surface area contributed by atoms with Crippen molar-refractivity contribution in [1.29, 1.82) is 0 Å². The van der Waals surface area contributed by atoms with Crippen LogP contribution in [0, 0.1) is 19.8 Å². The SMILES string of the molecule is Cc1ccccc1CN1CCC(C2Cc3c(ccc(C)c3O)C(CN)O2)CC1.Cl.Cl. The van der Waals surface area contributed by atoms with Gasteiger partial charge in [0.25, 0.3) is 0 Å². The van der Waals surface area contributed by atoms with Gasteiger partial charge in [0, 0.05) is 25.1 Å². The second-order valence-electron chi connectivity index (χ2n) is 8.44. The summed E-state index contributed by atoms with van der Waals surface area (Å²) in [6, 6.07) is 12.7. The third-order valence-electron chi connectivity index (χ3n) is 6.64. The Morgan fingerprint density at radius 3 is 2.40 bits per heavy atom. The van der Waals surface area contributed by atoms with Crippen molar-refractivity contribution in [2.45, 2.75) is 51.9 Å². The Morgan fingerprint density at radius 2 is 1.73 bits per heavy atom. The molecule has 2 heterocycles. The molecule has 166 valence electrons. The van der Waals surface area contributed by atoms with Crippen LogP contribution in [0.5, 0.6) is 5.75 Å². The molecule has 0 radical (unpaired) electrons. The number of nitrogens with zero attached hydrogens (tertiary/aromatic N) is 1. The maximum atomic E-state index is 10.6. The first-order chi connectivity index (χ1) is 13.6. The molecule has 0 spiro atoms. The van der Waals surface area contributed by atoms with Crippen molar-refractivity contribution in [3.8, 4) is 5.75 Å². The van der Waals surface area contributed by atoms with Crippen LogP contribution in [0.2, 0.25) is 0 Å². The standard InChI is InChI=1S/C24H32N2O2.2ClH/c1-16-5-3-4-6-19(16)15-26-11-9-18(10-12-26)22-13-21-20(23(14-25)28-22)8-7-17(2)24(21)27;;/h3-8,18,22-23,27H,9-15,25H2,1-2H3;2*1H. The van der Waals surface area contributed by atoms with E-state index in [-0.39, 0.29) is 37.0 Å². The van der Waals surface area contributed by atoms with Gasteiger partial charge in [-0.2, -0.15) is 0 Å². The van der Waals surface area contributed by atoms with Crippen molar-refractivity contribution < 1.29 is 9.84 Å². The van der Waals surface area contributed by atoms with Crippen molar-refractivity contribution in [2.24, 2.45) is 11.7 Å². The predicted molar refractivity (Wildman–Crippen MR) is 127 cm³/mol. The first-order valence-electron chi connectivity index (χ1n) is 10.5. The number of phenols is 1. The van der Waals surface area contributed by atoms with Crippen molar-refractivity contribution >= 4 is 24.8 Å². The Kier molecular flexibility index (Phi) is 9.01. The van der Waals surface area contributed by atoms with Gasteiger partial charge in [0.05, 0.1) is 12.2 Å². The number of hydrogen-bond donors (Lipinski definition) is 2. The van der Waals surface area contributed by atoms with E-state index in [2.05, 4.69) is 42.2 Å². The molecular formula is C24H34Cl2N2O2. The number of halogens is 2. The van der Waals surface area contributed by atoms with Crippen LogP contribution in [0.25, 0.3) is 0 Å². The monoisotopic (exact) mass is 452 g/mol. The summed E-state index contributed by atoms with van der Waals surface area (Å²) in [5, 5.41) is 10.6. The first-order valence-corrected chi connectivity index (χ1v) is 10.5. The molecule has 0 amide bonds. The maximum Gasteiger partial charge on any atom is 0.122 e. The Bertz CT molecular complexity index is 838. The summed E-state index contributed by atoms with van der Waals surface area (Å²) in [4.78, 5) is 2.55. The number of rotatable bonds is 4. The molecule has 4 rings (SSSR count). The van der Waals surface area contributed by atoms with Crippen LogP contribution < -0.4 is 5.73 Å². The van der Waals surface area contributed by atoms with E-state index in [0.717, 1.165) is 55.6 Å². The lowest BCUT2D eigenvalue weighted by Crippen LogP contribution is -2.42. The number of nitrogens with two attached hydrogens (primary N) is 1. The molecule has 0 aliphatic carbocycles. The topological polar surface area (TPSA) is 58.7 Å². The summed E-state index contributed by atoms with van der Waals surface area (Å²) >= 11 is 0. The molecule has 30 heavy (non-hydrogen) atoms. The van der Waals surface area contributed by atoms with Crippen LogP contribution >= 0.6 is 24.8 Å². The zero-order valence-electron chi connectivity index (χ0n) is 17.8. The lowest BCUT2D eigenvalue weighted by Gasteiger charge is -2.40. The highest BCUT2D eigenvalue weighted by molar-refractivity contribution is 5.85. The van der Waals surface area contributed by atoms with E-state index in [1.807, 2.05) is 13.0 Å². The first kappa shape index (κ1) is 25.0. The fourth-order valence-electron chi connectivity index (χ4n) is 4.79. The molecule has 0 aromatic heterocycles. The molecule has 2 unspecified atom stereocenters. The van der Waals surface area contributed by atoms with Gasteiger partial charge in [0.2, 0.25) is 0 Å². The predicted octanol–water partition coefficient (Wildman–Crippen LogP) is 4.71. The van der Waals surface area contributed by atoms with E-state index >= 15 is 0 Å². The molecule has 2 aromatic rings. The Labute approximate surface area is 192 Å². The van der Waals surface area contributed by atoms with E-state index in [0.29, 0.717) is 18.2 Å². The zero-order chi connectivity index (χ0) is 19.7. The van der Waals surface area contributed by atoms with E-state index < -0.39 is 0 Å². The number of ether oxygens (including phenoxy) is 1. The van der Waals surface area contributed by atoms with Gasteiger partial charge in [-0.05, 0) is 68.0 Å². The lowest BCUT2D eigenvalue weighted by atomic mass is 9.83. The number of aryl methyl sites for hydroxylation is 2. The third kappa shape index (κ3) is 5.12. The molecule has 2 aliphatic heterocycles. The van der Waals surface area contributed by atoms with Crippen molar-refractivity contribution in [1.82, 2.24) is 4.90 Å². The third-order valence-corrected chi connectivity index (χ3v) is 6.64. The summed E-state index contributed by atoms with van der Waals surface area (Å²) in [6.45, 7) is 7.83. The fourth-order valence-corrected chi connectivity index (χ4v) is 4.79. The quantitative estimate of drug-likeness (QED) is 0.704. The highest BCUT2D eigenvalue weighted by Crippen LogP contribution is 2.40. The van der Waals surface area contributed by atoms with Crippen molar-refractivity contribution in [3.05, 3.63) is 64.2 Å². The summed E-state index contributed by atoms with van der Waals surface area (Å²) in [7, 11) is 0. The Balaban J connectivity index is 0.00000160. The van der Waals surface area contributed by atoms with E-state index in [4.69, 9.17) is 10.5 Å². The molecule has 1 saturated heterocycles. The van der Waals surface area contributed by atoms with Crippen LogP contribution in [0.3, 0.4) is 0 Å². The number of piperidine rings is 1. The summed E-state index contributed by atoms with van der Waals surface area (Å²) < 4.78 is 6.41. The van der Waals surface area contributed by atoms with Gasteiger partial charge < -0.3 is 15.6 Å². The van der Waals surface area contributed by atoms with Gasteiger partial charge >= 0.3 is 0 Å². The number of phenolic OH excluding ortho intramolecular Hbond substituents is 1. The average Bonchev–Trinajstić information content (AvgIpc) is 2.72. The molecule has 2 aromatic carbocycles. The molecule has 0 bridgehead atoms. The van der Waals surface area contributed by atoms with Gasteiger partial charge in [-0.1, -0.05) is 36.4 Å². The highest BCUT2D eigenvalue weighted by Gasteiger charge is 2.35. The minimum atomic E-state index is -0.106. The summed E-state index contributed by atoms with van der Waals surface area (Å²) in [5.74, 6) is 0.955. The van der Waals surface area contributed by atoms with Gasteiger partial charge in [-0.3, -0.25) is 4.90 Å². The normalized spacial score (nSPS) is 22.0. The largest absolute Gasteiger partial charge is 0.507 e. The van der Waals surface area contributed by atoms with Crippen LogP contribution in [0.4, 0.5) is 0 Å². The Hall–Kier alpha value is -1.30. The summed E-state index contributed by atoms with van der Waals surface area (Å²) in [6.07, 6.45) is 3.10. The van der Waals surface area contributed by atoms with Crippen molar-refractivity contribution in [2.75, 3.05) is 19.6 Å². The smallest absolute Gasteiger partial charge is 0.122 e. The van der Waals surface area contributed by atoms with E-state index in [9.17, 15) is 5.11 Å². The van der Waals surface area contributed by atoms with E-state index in [1.54, 1.807) is 0 Å². The number of fused-ring (bicyclic) bond motifs is 1. The molecule has 2 aliphatic rings. The lowest BCUT2D eigenvalue weighted by molar-refractivity contribution is -0.0651. The van der Waals surface area contributed by atoms with Crippen LogP contribution in [0.15, 0.2) is 36.4 Å². The second-order valence-corrected chi connectivity index (χ2v) is 8.44. The van der Waals surface area contributed by atoms with Gasteiger partial charge in [-0.15, -0.1) is 24.8 Å². The average molecular weight is 453 g/mol. The number of hydrogen-bond acceptors (Lipinski definition) is 4. The molecule has 1 fully saturated rings. The van der Waals surface area contributed by atoms with Crippen LogP contribution in [0.1, 0.15) is 46.8 Å². The molecular weight excluding hydrogens is 419 g/mol. The molecule has 0 saturated carbocycles. The fraction of sp³-hybridized carbons (Fsp3) is 0.500. The molecule has 6 heteroatoms. The highest BCUT2D eigenvalue weighted by atomic mass is 35.5. The van der Waals surface area contributed by atoms with Gasteiger partial charge in [0.15, 0.2) is 0 Å². The second kappa shape index (κ2) is 10.8. The summed E-state index contributed by atoms with van der Waals surface area (Å²) in [5.41, 5.74) is 11.8. The molecule has 2 atom stereocenters. The van der Waals surface area contributed by atoms with Gasteiger partial charge in [-0.25, -0.2) is 0 Å². The van der Waals surface area contributed by atoms with Gasteiger partial charge in [0.1, 0.15) is 5.75 Å². The van der Waals surface area contributed by atoms with Crippen LogP contribution in [-0.4, -0.2) is 35.7 Å². The minimum absolute atomic E-state index is 0. The zero-order valence-corrected chi connectivity index (χ0v) is 19.5. The maximum absolute atomic E-state index is 10.6. The number of benzene rings is 2. The minimum Gasteiger partial charge on any atom is -0.507 e. The molecule has 4 nitrogen and oxygen atoms in total. The van der Waals surface area contributed by atoms with Crippen molar-refractivity contribution in [3.63, 3.8) is 0 Å². The van der Waals surface area contributed by atoms with Crippen LogP contribution in [-0.2, 0) is 17.7 Å². The van der Waals surface area contributed by atoms with E-state index in [1.165, 1.54) is 11.1 Å².